The van der Waals surface area contributed by atoms with E-state index in [-0.39, 0.29) is 5.91 Å². The van der Waals surface area contributed by atoms with Crippen LogP contribution in [0.25, 0.3) is 11.4 Å². The van der Waals surface area contributed by atoms with E-state index in [1.807, 2.05) is 24.3 Å². The van der Waals surface area contributed by atoms with Crippen LogP contribution in [0.15, 0.2) is 34.9 Å². The van der Waals surface area contributed by atoms with Crippen molar-refractivity contribution in [1.82, 2.24) is 20.0 Å². The lowest BCUT2D eigenvalue weighted by Crippen LogP contribution is -2.36. The zero-order valence-electron chi connectivity index (χ0n) is 14.1. The minimum Gasteiger partial charge on any atom is -0.497 e. The van der Waals surface area contributed by atoms with Crippen molar-refractivity contribution in [3.05, 3.63) is 53.2 Å². The number of hydrogen-bond acceptors (Lipinski definition) is 5. The number of hydrogen-bond donors (Lipinski definition) is 1. The fraction of sp³-hybridized carbons (Fsp3) is 0.278. The third-order valence-electron chi connectivity index (χ3n) is 4.31. The molecule has 0 saturated carbocycles. The van der Waals surface area contributed by atoms with Crippen molar-refractivity contribution in [2.75, 3.05) is 13.7 Å². The first kappa shape index (κ1) is 15.4. The molecular weight excluding hydrogens is 320 g/mol. The number of methoxy groups -OCH3 is 1. The number of benzene rings is 1. The first-order chi connectivity index (χ1) is 12.1. The summed E-state index contributed by atoms with van der Waals surface area (Å²) >= 11 is 0. The van der Waals surface area contributed by atoms with Gasteiger partial charge in [-0.3, -0.25) is 4.79 Å². The summed E-state index contributed by atoms with van der Waals surface area (Å²) in [6.45, 7) is 2.87. The second-order valence-electron chi connectivity index (χ2n) is 6.04. The zero-order chi connectivity index (χ0) is 17.4. The fourth-order valence-electron chi connectivity index (χ4n) is 3.00. The van der Waals surface area contributed by atoms with E-state index in [2.05, 4.69) is 15.1 Å². The van der Waals surface area contributed by atoms with Gasteiger partial charge in [-0.1, -0.05) is 17.3 Å². The third kappa shape index (κ3) is 2.88. The van der Waals surface area contributed by atoms with Crippen molar-refractivity contribution in [1.29, 1.82) is 0 Å². The number of ether oxygens (including phenoxy) is 1. The third-order valence-corrected chi connectivity index (χ3v) is 4.31. The Labute approximate surface area is 144 Å². The molecule has 0 bridgehead atoms. The van der Waals surface area contributed by atoms with Crippen LogP contribution < -0.4 is 4.74 Å². The smallest absolute Gasteiger partial charge is 0.276 e. The van der Waals surface area contributed by atoms with Gasteiger partial charge in [-0.2, -0.15) is 0 Å². The van der Waals surface area contributed by atoms with E-state index in [1.165, 1.54) is 0 Å². The van der Waals surface area contributed by atoms with Crippen LogP contribution in [0.1, 0.15) is 27.6 Å². The predicted octanol–water partition coefficient (Wildman–Crippen LogP) is 2.58. The Morgan fingerprint density at radius 1 is 1.36 bits per heavy atom. The number of H-pyrrole nitrogens is 1. The summed E-state index contributed by atoms with van der Waals surface area (Å²) in [5, 5.41) is 3.81. The Kier molecular flexibility index (Phi) is 3.76. The molecule has 7 heteroatoms. The Hall–Kier alpha value is -3.09. The Morgan fingerprint density at radius 3 is 3.00 bits per heavy atom. The molecular formula is C18H18N4O3. The monoisotopic (exact) mass is 338 g/mol. The summed E-state index contributed by atoms with van der Waals surface area (Å²) in [5.74, 6) is 2.07. The van der Waals surface area contributed by atoms with E-state index in [1.54, 1.807) is 25.0 Å². The highest BCUT2D eigenvalue weighted by molar-refractivity contribution is 5.92. The fourth-order valence-corrected chi connectivity index (χ4v) is 3.00. The molecule has 25 heavy (non-hydrogen) atoms. The maximum Gasteiger partial charge on any atom is 0.276 e. The lowest BCUT2D eigenvalue weighted by atomic mass is 10.1. The molecule has 2 aromatic heterocycles. The lowest BCUT2D eigenvalue weighted by Gasteiger charge is -2.25. The molecule has 0 aliphatic carbocycles. The average Bonchev–Trinajstić information content (AvgIpc) is 3.26. The molecule has 1 N–H and O–H groups in total. The van der Waals surface area contributed by atoms with Gasteiger partial charge in [0.15, 0.2) is 5.69 Å². The van der Waals surface area contributed by atoms with Crippen LogP contribution >= 0.6 is 0 Å². The molecule has 0 atom stereocenters. The number of amides is 1. The van der Waals surface area contributed by atoms with Crippen LogP contribution in [0, 0.1) is 6.92 Å². The molecule has 0 fully saturated rings. The molecule has 7 nitrogen and oxygen atoms in total. The molecule has 4 rings (SSSR count). The Morgan fingerprint density at radius 2 is 2.24 bits per heavy atom. The van der Waals surface area contributed by atoms with Gasteiger partial charge in [-0.05, 0) is 19.1 Å². The number of carbonyl (C=O) groups is 1. The molecule has 1 aromatic carbocycles. The quantitative estimate of drug-likeness (QED) is 0.793. The molecule has 128 valence electrons. The zero-order valence-corrected chi connectivity index (χ0v) is 14.1. The van der Waals surface area contributed by atoms with Crippen LogP contribution in [0.5, 0.6) is 5.75 Å². The van der Waals surface area contributed by atoms with E-state index in [0.717, 1.165) is 28.5 Å². The summed E-state index contributed by atoms with van der Waals surface area (Å²) in [4.78, 5) is 22.3. The molecule has 0 unspecified atom stereocenters. The molecule has 1 aliphatic heterocycles. The predicted molar refractivity (Wildman–Crippen MR) is 90.3 cm³/mol. The van der Waals surface area contributed by atoms with Crippen molar-refractivity contribution in [2.24, 2.45) is 0 Å². The van der Waals surface area contributed by atoms with E-state index in [9.17, 15) is 4.79 Å². The van der Waals surface area contributed by atoms with Crippen molar-refractivity contribution in [2.45, 2.75) is 19.9 Å². The van der Waals surface area contributed by atoms with Gasteiger partial charge in [0, 0.05) is 24.6 Å². The van der Waals surface area contributed by atoms with Crippen LogP contribution in [0.3, 0.4) is 0 Å². The van der Waals surface area contributed by atoms with E-state index < -0.39 is 0 Å². The first-order valence-corrected chi connectivity index (χ1v) is 8.09. The molecule has 3 heterocycles. The summed E-state index contributed by atoms with van der Waals surface area (Å²) < 4.78 is 10.3. The van der Waals surface area contributed by atoms with E-state index in [4.69, 9.17) is 9.26 Å². The highest BCUT2D eigenvalue weighted by Crippen LogP contribution is 2.26. The average molecular weight is 338 g/mol. The molecule has 1 aliphatic rings. The highest BCUT2D eigenvalue weighted by atomic mass is 16.5. The van der Waals surface area contributed by atoms with Crippen molar-refractivity contribution >= 4 is 5.91 Å². The van der Waals surface area contributed by atoms with Gasteiger partial charge in [0.25, 0.3) is 5.91 Å². The minimum absolute atomic E-state index is 0.125. The summed E-state index contributed by atoms with van der Waals surface area (Å²) in [6.07, 6.45) is 0.707. The van der Waals surface area contributed by atoms with Crippen LogP contribution in [0.2, 0.25) is 0 Å². The van der Waals surface area contributed by atoms with Crippen molar-refractivity contribution in [3.8, 4) is 17.1 Å². The van der Waals surface area contributed by atoms with E-state index >= 15 is 0 Å². The first-order valence-electron chi connectivity index (χ1n) is 8.09. The lowest BCUT2D eigenvalue weighted by molar-refractivity contribution is 0.0721. The maximum atomic E-state index is 12.5. The number of rotatable bonds is 3. The Balaban J connectivity index is 1.57. The second-order valence-corrected chi connectivity index (χ2v) is 6.04. The molecule has 0 saturated heterocycles. The molecule has 0 radical (unpaired) electrons. The number of aryl methyl sites for hydroxylation is 1. The van der Waals surface area contributed by atoms with Gasteiger partial charge < -0.3 is 19.1 Å². The molecule has 1 amide bonds. The topological polar surface area (TPSA) is 84.2 Å². The second kappa shape index (κ2) is 6.08. The minimum atomic E-state index is -0.125. The standard InChI is InChI=1S/C18H18N4O3/c1-11-8-15(21-25-11)18(23)22-7-6-14-16(10-22)20-17(19-14)12-4-3-5-13(9-12)24-2/h3-5,8-9H,6-7,10H2,1-2H3,(H,19,20). The normalized spacial score (nSPS) is 13.6. The van der Waals surface area contributed by atoms with Crippen LogP contribution in [-0.2, 0) is 13.0 Å². The molecule has 0 spiro atoms. The van der Waals surface area contributed by atoms with Crippen LogP contribution in [0.4, 0.5) is 0 Å². The SMILES string of the molecule is COc1cccc(-c2nc3c([nH]2)CN(C(=O)c2cc(C)on2)CC3)c1. The maximum absolute atomic E-state index is 12.5. The van der Waals surface area contributed by atoms with Gasteiger partial charge in [0.05, 0.1) is 25.0 Å². The number of nitrogens with zero attached hydrogens (tertiary/aromatic N) is 3. The Bertz CT molecular complexity index is 928. The number of imidazole rings is 1. The van der Waals surface area contributed by atoms with Gasteiger partial charge >= 0.3 is 0 Å². The summed E-state index contributed by atoms with van der Waals surface area (Å²) in [6, 6.07) is 9.40. The van der Waals surface area contributed by atoms with Crippen molar-refractivity contribution in [3.63, 3.8) is 0 Å². The van der Waals surface area contributed by atoms with Crippen LogP contribution in [-0.4, -0.2) is 39.6 Å². The van der Waals surface area contributed by atoms with E-state index in [0.29, 0.717) is 31.0 Å². The number of nitrogens with one attached hydrogen (secondary N) is 1. The van der Waals surface area contributed by atoms with Gasteiger partial charge in [-0.25, -0.2) is 4.98 Å². The summed E-state index contributed by atoms with van der Waals surface area (Å²) in [5.41, 5.74) is 3.25. The molecule has 3 aromatic rings. The number of aromatic nitrogens is 3. The van der Waals surface area contributed by atoms with Crippen molar-refractivity contribution < 1.29 is 14.1 Å². The summed E-state index contributed by atoms with van der Waals surface area (Å²) in [7, 11) is 1.64. The van der Waals surface area contributed by atoms with Gasteiger partial charge in [0.1, 0.15) is 17.3 Å². The van der Waals surface area contributed by atoms with Gasteiger partial charge in [-0.15, -0.1) is 0 Å². The number of aromatic amines is 1. The highest BCUT2D eigenvalue weighted by Gasteiger charge is 2.26. The van der Waals surface area contributed by atoms with Gasteiger partial charge in [0.2, 0.25) is 0 Å². The largest absolute Gasteiger partial charge is 0.497 e. The number of carbonyl (C=O) groups excluding carboxylic acids is 1. The number of fused-ring (bicyclic) bond motifs is 1.